The minimum atomic E-state index is -1.29. The van der Waals surface area contributed by atoms with E-state index in [0.29, 0.717) is 22.9 Å². The summed E-state index contributed by atoms with van der Waals surface area (Å²) in [7, 11) is 0. The van der Waals surface area contributed by atoms with Gasteiger partial charge in [-0.05, 0) is 53.5 Å². The molecule has 3 N–H and O–H groups in total. The van der Waals surface area contributed by atoms with Crippen LogP contribution in [-0.2, 0) is 6.61 Å². The number of aliphatic imine (C=N–C) groups is 1. The minimum Gasteiger partial charge on any atom is -0.485 e. The van der Waals surface area contributed by atoms with Gasteiger partial charge in [0, 0.05) is 24.0 Å². The molecule has 0 aliphatic carbocycles. The van der Waals surface area contributed by atoms with Crippen molar-refractivity contribution in [2.45, 2.75) is 46.8 Å². The maximum atomic E-state index is 13.2. The number of aliphatic hydroxyl groups is 1. The van der Waals surface area contributed by atoms with E-state index in [1.54, 1.807) is 19.1 Å². The summed E-state index contributed by atoms with van der Waals surface area (Å²) in [4.78, 5) is 21.1. The van der Waals surface area contributed by atoms with Crippen LogP contribution in [0.1, 0.15) is 39.1 Å². The fourth-order valence-electron chi connectivity index (χ4n) is 2.89. The number of nitrogens with one attached hydrogen (secondary N) is 2. The second-order valence-electron chi connectivity index (χ2n) is 8.50. The lowest BCUT2D eigenvalue weighted by molar-refractivity contribution is 0.154. The quantitative estimate of drug-likeness (QED) is 0.283. The summed E-state index contributed by atoms with van der Waals surface area (Å²) in [6.45, 7) is 11.8. The topological polar surface area (TPSA) is 113 Å². The summed E-state index contributed by atoms with van der Waals surface area (Å²) in [6, 6.07) is 2.71. The second-order valence-corrected chi connectivity index (χ2v) is 9.28. The Balaban J connectivity index is 2.39. The number of hydrogen-bond donors (Lipinski definition) is 3. The zero-order valence-electron chi connectivity index (χ0n) is 20.6. The van der Waals surface area contributed by atoms with Gasteiger partial charge in [-0.15, -0.1) is 0 Å². The van der Waals surface area contributed by atoms with Gasteiger partial charge in [-0.2, -0.15) is 0 Å². The molecule has 8 nitrogen and oxygen atoms in total. The summed E-state index contributed by atoms with van der Waals surface area (Å²) < 4.78 is 20.3. The number of nitrogens with zero attached hydrogens (tertiary/aromatic N) is 3. The lowest BCUT2D eigenvalue weighted by Gasteiger charge is -2.17. The Labute approximate surface area is 219 Å². The van der Waals surface area contributed by atoms with Gasteiger partial charge in [0.15, 0.2) is 0 Å². The van der Waals surface area contributed by atoms with Gasteiger partial charge in [0.2, 0.25) is 0 Å². The molecular weight excluding hydrogens is 508 g/mol. The van der Waals surface area contributed by atoms with Crippen LogP contribution in [0.3, 0.4) is 0 Å². The van der Waals surface area contributed by atoms with E-state index < -0.39 is 17.0 Å². The highest BCUT2D eigenvalue weighted by Gasteiger charge is 2.18. The first-order valence-electron chi connectivity index (χ1n) is 10.7. The number of allylic oxidation sites excluding steroid dienone is 3. The predicted octanol–water partition coefficient (Wildman–Crippen LogP) is 5.26. The molecule has 2 rings (SSSR count). The van der Waals surface area contributed by atoms with Crippen LogP contribution in [-0.4, -0.2) is 32.7 Å². The smallest absolute Gasteiger partial charge is 0.277 e. The van der Waals surface area contributed by atoms with E-state index in [4.69, 9.17) is 33.3 Å². The number of aromatic nitrogens is 2. The fraction of sp³-hybridized carbons (Fsp3) is 0.280. The molecule has 11 heteroatoms. The van der Waals surface area contributed by atoms with Gasteiger partial charge in [0.1, 0.15) is 34.6 Å². The Morgan fingerprint density at radius 1 is 1.39 bits per heavy atom. The number of ether oxygens (including phenoxy) is 1. The molecule has 0 aliphatic heterocycles. The summed E-state index contributed by atoms with van der Waals surface area (Å²) >= 11 is 12.4. The van der Waals surface area contributed by atoms with Crippen molar-refractivity contribution in [1.29, 1.82) is 5.41 Å². The van der Waals surface area contributed by atoms with Crippen LogP contribution >= 0.6 is 23.2 Å². The molecule has 0 spiro atoms. The van der Waals surface area contributed by atoms with Crippen LogP contribution in [0.15, 0.2) is 57.9 Å². The van der Waals surface area contributed by atoms with Gasteiger partial charge >= 0.3 is 0 Å². The van der Waals surface area contributed by atoms with Crippen LogP contribution in [0.25, 0.3) is 5.70 Å². The van der Waals surface area contributed by atoms with Crippen molar-refractivity contribution in [2.24, 2.45) is 4.99 Å². The number of hydrogen-bond acceptors (Lipinski definition) is 7. The van der Waals surface area contributed by atoms with Crippen LogP contribution in [0.2, 0.25) is 10.0 Å². The largest absolute Gasteiger partial charge is 0.485 e. The van der Waals surface area contributed by atoms with Crippen LogP contribution < -0.4 is 15.6 Å². The summed E-state index contributed by atoms with van der Waals surface area (Å²) in [5.74, 6) is -0.148. The Bertz CT molecular complexity index is 1320. The second kappa shape index (κ2) is 12.1. The molecule has 2 heterocycles. The van der Waals surface area contributed by atoms with E-state index in [0.717, 1.165) is 17.8 Å². The Hall–Kier alpha value is -3.27. The van der Waals surface area contributed by atoms with Crippen LogP contribution in [0.5, 0.6) is 5.75 Å². The van der Waals surface area contributed by atoms with Crippen molar-refractivity contribution < 1.29 is 14.2 Å². The molecule has 0 atom stereocenters. The van der Waals surface area contributed by atoms with Crippen molar-refractivity contribution in [3.63, 3.8) is 0 Å². The van der Waals surface area contributed by atoms with Crippen molar-refractivity contribution in [3.8, 4) is 5.75 Å². The number of rotatable bonds is 10. The van der Waals surface area contributed by atoms with Crippen molar-refractivity contribution in [3.05, 3.63) is 85.7 Å². The molecule has 0 aromatic carbocycles. The molecule has 0 bridgehead atoms. The highest BCUT2D eigenvalue weighted by Crippen LogP contribution is 2.26. The normalized spacial score (nSPS) is 12.0. The lowest BCUT2D eigenvalue weighted by atomic mass is 10.0. The lowest BCUT2D eigenvalue weighted by Crippen LogP contribution is -2.29. The maximum absolute atomic E-state index is 13.2. The minimum absolute atomic E-state index is 0.00703. The molecular formula is C25H28Cl2FN5O3. The first kappa shape index (κ1) is 29.0. The average Bonchev–Trinajstić information content (AvgIpc) is 2.78. The van der Waals surface area contributed by atoms with E-state index in [-0.39, 0.29) is 28.1 Å². The third-order valence-corrected chi connectivity index (χ3v) is 5.56. The van der Waals surface area contributed by atoms with E-state index in [1.165, 1.54) is 30.7 Å². The van der Waals surface area contributed by atoms with Gasteiger partial charge in [-0.3, -0.25) is 14.3 Å². The first-order valence-corrected chi connectivity index (χ1v) is 11.5. The van der Waals surface area contributed by atoms with E-state index >= 15 is 0 Å². The molecule has 192 valence electrons. The van der Waals surface area contributed by atoms with Crippen molar-refractivity contribution >= 4 is 41.3 Å². The maximum Gasteiger partial charge on any atom is 0.277 e. The fourth-order valence-corrected chi connectivity index (χ4v) is 3.29. The Morgan fingerprint density at radius 2 is 2.06 bits per heavy atom. The van der Waals surface area contributed by atoms with Crippen molar-refractivity contribution in [2.75, 3.05) is 0 Å². The number of pyridine rings is 2. The zero-order chi connectivity index (χ0) is 27.2. The number of aryl methyl sites for hydroxylation is 1. The highest BCUT2D eigenvalue weighted by molar-refractivity contribution is 6.32. The standard InChI is InChI=1S/C25H28Cl2FN5O3/c1-14(2)19(11-22(30-6)31-8-7-21(29)25(4,5)35)33-15(3)9-20(23(27)24(33)34)36-13-18-17(26)10-16(28)12-32-18/h7-12,29,31,35H,6,13H2,1-5H3/b8-7-,22-11+,29-21?. The molecule has 0 saturated carbocycles. The zero-order valence-corrected chi connectivity index (χ0v) is 22.1. The Kier molecular flexibility index (Phi) is 9.75. The summed E-state index contributed by atoms with van der Waals surface area (Å²) in [5, 5.41) is 20.5. The first-order chi connectivity index (χ1) is 16.8. The van der Waals surface area contributed by atoms with Gasteiger partial charge in [-0.1, -0.05) is 28.8 Å². The Morgan fingerprint density at radius 3 is 2.61 bits per heavy atom. The van der Waals surface area contributed by atoms with Crippen molar-refractivity contribution in [1.82, 2.24) is 14.9 Å². The SMILES string of the molecule is C=N/C(=C\C(=C(C)C)n1c(C)cc(OCc2ncc(F)cc2Cl)c(Cl)c1=O)N/C=C\C(=N)C(C)(C)O. The summed E-state index contributed by atoms with van der Waals surface area (Å²) in [5.41, 5.74) is 0.263. The third-order valence-electron chi connectivity index (χ3n) is 4.89. The molecule has 0 unspecified atom stereocenters. The summed E-state index contributed by atoms with van der Waals surface area (Å²) in [6.07, 6.45) is 5.46. The van der Waals surface area contributed by atoms with Gasteiger partial charge in [0.05, 0.1) is 28.3 Å². The molecule has 0 aliphatic rings. The molecule has 0 amide bonds. The third kappa shape index (κ3) is 7.36. The van der Waals surface area contributed by atoms with Gasteiger partial charge < -0.3 is 20.6 Å². The molecule has 0 saturated heterocycles. The molecule has 0 fully saturated rings. The molecule has 0 radical (unpaired) electrons. The highest BCUT2D eigenvalue weighted by atomic mass is 35.5. The number of halogens is 3. The monoisotopic (exact) mass is 535 g/mol. The van der Waals surface area contributed by atoms with Gasteiger partial charge in [0.25, 0.3) is 5.56 Å². The van der Waals surface area contributed by atoms with E-state index in [2.05, 4.69) is 22.0 Å². The molecule has 36 heavy (non-hydrogen) atoms. The average molecular weight is 536 g/mol. The molecule has 2 aromatic rings. The van der Waals surface area contributed by atoms with Crippen LogP contribution in [0, 0.1) is 18.2 Å². The predicted molar refractivity (Wildman–Crippen MR) is 142 cm³/mol. The van der Waals surface area contributed by atoms with E-state index in [9.17, 15) is 14.3 Å². The van der Waals surface area contributed by atoms with Crippen LogP contribution in [0.4, 0.5) is 4.39 Å². The van der Waals surface area contributed by atoms with Gasteiger partial charge in [-0.25, -0.2) is 9.38 Å². The molecule has 2 aromatic heterocycles. The van der Waals surface area contributed by atoms with E-state index in [1.807, 2.05) is 13.8 Å².